The van der Waals surface area contributed by atoms with Crippen molar-refractivity contribution in [1.82, 2.24) is 0 Å². The second-order valence-electron chi connectivity index (χ2n) is 6.27. The molecule has 0 spiro atoms. The van der Waals surface area contributed by atoms with E-state index in [0.717, 1.165) is 11.5 Å². The van der Waals surface area contributed by atoms with Crippen molar-refractivity contribution >= 4 is 18.9 Å². The van der Waals surface area contributed by atoms with E-state index < -0.39 is 0 Å². The molecule has 0 aliphatic heterocycles. The minimum Gasteiger partial charge on any atom is -0.457 e. The minimum atomic E-state index is 0.869. The van der Waals surface area contributed by atoms with Crippen molar-refractivity contribution < 1.29 is 9.53 Å². The van der Waals surface area contributed by atoms with Crippen LogP contribution in [-0.4, -0.2) is 6.79 Å². The zero-order valence-electron chi connectivity index (χ0n) is 17.4. The molecule has 2 heteroatoms. The first-order chi connectivity index (χ1) is 15.4. The third-order valence-corrected chi connectivity index (χ3v) is 4.01. The Kier molecular flexibility index (Phi) is 11.0. The molecule has 154 valence electrons. The van der Waals surface area contributed by atoms with E-state index in [1.165, 1.54) is 11.1 Å². The lowest BCUT2D eigenvalue weighted by Gasteiger charge is -2.03. The summed E-state index contributed by atoms with van der Waals surface area (Å²) in [6.45, 7) is 2.00. The van der Waals surface area contributed by atoms with Gasteiger partial charge in [-0.15, -0.1) is 0 Å². The summed E-state index contributed by atoms with van der Waals surface area (Å²) in [7, 11) is 0. The van der Waals surface area contributed by atoms with Crippen LogP contribution in [0.4, 0.5) is 0 Å². The number of carbonyl (C=O) groups is 1. The van der Waals surface area contributed by atoms with Crippen LogP contribution in [-0.2, 0) is 4.79 Å². The van der Waals surface area contributed by atoms with Gasteiger partial charge in [-0.3, -0.25) is 0 Å². The summed E-state index contributed by atoms with van der Waals surface area (Å²) in [5.74, 6) is 1.74. The Morgan fingerprint density at radius 3 is 1.06 bits per heavy atom. The molecular weight excluding hydrogens is 380 g/mol. The van der Waals surface area contributed by atoms with Gasteiger partial charge in [-0.05, 0) is 35.4 Å². The van der Waals surface area contributed by atoms with E-state index in [1.54, 1.807) is 0 Å². The number of hydrogen-bond donors (Lipinski definition) is 0. The molecule has 4 aromatic rings. The van der Waals surface area contributed by atoms with Crippen LogP contribution in [0.3, 0.4) is 0 Å². The minimum absolute atomic E-state index is 0.869. The van der Waals surface area contributed by atoms with E-state index in [-0.39, 0.29) is 0 Å². The Morgan fingerprint density at radius 1 is 0.452 bits per heavy atom. The van der Waals surface area contributed by atoms with Crippen LogP contribution in [0.2, 0.25) is 0 Å². The van der Waals surface area contributed by atoms with Gasteiger partial charge in [-0.25, -0.2) is 0 Å². The zero-order chi connectivity index (χ0) is 22.0. The van der Waals surface area contributed by atoms with Crippen LogP contribution in [0.1, 0.15) is 11.1 Å². The highest BCUT2D eigenvalue weighted by Gasteiger charge is 1.92. The normalized spacial score (nSPS) is 9.94. The lowest BCUT2D eigenvalue weighted by Crippen LogP contribution is -1.81. The van der Waals surface area contributed by atoms with Crippen molar-refractivity contribution in [3.63, 3.8) is 0 Å². The average Bonchev–Trinajstić information content (AvgIpc) is 2.86. The summed E-state index contributed by atoms with van der Waals surface area (Å²) >= 11 is 0. The van der Waals surface area contributed by atoms with E-state index >= 15 is 0 Å². The van der Waals surface area contributed by atoms with Gasteiger partial charge < -0.3 is 9.53 Å². The van der Waals surface area contributed by atoms with E-state index in [0.29, 0.717) is 0 Å². The SMILES string of the molecule is C(/C=C/c1ccccc1)=C\c1ccccc1.C=O.c1ccc(Oc2ccccc2)cc1. The first-order valence-corrected chi connectivity index (χ1v) is 9.92. The number of carbonyl (C=O) groups excluding carboxylic acids is 1. The summed E-state index contributed by atoms with van der Waals surface area (Å²) in [6.07, 6.45) is 8.31. The molecule has 0 aliphatic rings. The van der Waals surface area contributed by atoms with Crippen molar-refractivity contribution in [3.8, 4) is 11.5 Å². The Labute approximate surface area is 184 Å². The molecule has 0 radical (unpaired) electrons. The molecule has 4 aromatic carbocycles. The van der Waals surface area contributed by atoms with Gasteiger partial charge in [0.1, 0.15) is 18.3 Å². The number of hydrogen-bond acceptors (Lipinski definition) is 2. The number of allylic oxidation sites excluding steroid dienone is 2. The van der Waals surface area contributed by atoms with E-state index in [4.69, 9.17) is 9.53 Å². The molecular formula is C29H26O2. The van der Waals surface area contributed by atoms with Crippen LogP contribution < -0.4 is 4.74 Å². The van der Waals surface area contributed by atoms with Gasteiger partial charge in [0.05, 0.1) is 0 Å². The highest BCUT2D eigenvalue weighted by Crippen LogP contribution is 2.19. The molecule has 0 atom stereocenters. The fourth-order valence-electron chi connectivity index (χ4n) is 2.57. The molecule has 31 heavy (non-hydrogen) atoms. The quantitative estimate of drug-likeness (QED) is 0.317. The summed E-state index contributed by atoms with van der Waals surface area (Å²) in [6, 6.07) is 40.1. The highest BCUT2D eigenvalue weighted by molar-refractivity contribution is 5.56. The Balaban J connectivity index is 0.000000208. The molecule has 0 saturated heterocycles. The summed E-state index contributed by atoms with van der Waals surface area (Å²) in [5.41, 5.74) is 2.44. The lowest BCUT2D eigenvalue weighted by atomic mass is 10.2. The smallest absolute Gasteiger partial charge is 0.127 e. The third-order valence-electron chi connectivity index (χ3n) is 4.01. The van der Waals surface area contributed by atoms with Crippen molar-refractivity contribution in [2.75, 3.05) is 0 Å². The predicted octanol–water partition coefficient (Wildman–Crippen LogP) is 7.71. The molecule has 0 N–H and O–H groups in total. The second-order valence-corrected chi connectivity index (χ2v) is 6.27. The fraction of sp³-hybridized carbons (Fsp3) is 0. The van der Waals surface area contributed by atoms with Gasteiger partial charge >= 0.3 is 0 Å². The van der Waals surface area contributed by atoms with E-state index in [9.17, 15) is 0 Å². The number of benzene rings is 4. The summed E-state index contributed by atoms with van der Waals surface area (Å²) in [4.78, 5) is 8.00. The Morgan fingerprint density at radius 2 is 0.742 bits per heavy atom. The van der Waals surface area contributed by atoms with E-state index in [2.05, 4.69) is 48.6 Å². The molecule has 0 fully saturated rings. The van der Waals surface area contributed by atoms with Crippen LogP contribution in [0.15, 0.2) is 133 Å². The molecule has 0 aromatic heterocycles. The maximum absolute atomic E-state index is 8.00. The van der Waals surface area contributed by atoms with Gasteiger partial charge in [0, 0.05) is 0 Å². The third kappa shape index (κ3) is 9.73. The number of para-hydroxylation sites is 2. The topological polar surface area (TPSA) is 26.3 Å². The molecule has 0 saturated carbocycles. The van der Waals surface area contributed by atoms with Crippen LogP contribution in [0.25, 0.3) is 12.2 Å². The van der Waals surface area contributed by atoms with Crippen LogP contribution in [0.5, 0.6) is 11.5 Å². The van der Waals surface area contributed by atoms with Gasteiger partial charge in [0.2, 0.25) is 0 Å². The maximum Gasteiger partial charge on any atom is 0.127 e. The molecule has 0 bridgehead atoms. The summed E-state index contributed by atoms with van der Waals surface area (Å²) < 4.78 is 5.58. The fourth-order valence-corrected chi connectivity index (χ4v) is 2.57. The molecule has 0 heterocycles. The van der Waals surface area contributed by atoms with Crippen molar-refractivity contribution in [1.29, 1.82) is 0 Å². The maximum atomic E-state index is 8.00. The average molecular weight is 407 g/mol. The van der Waals surface area contributed by atoms with Gasteiger partial charge in [-0.2, -0.15) is 0 Å². The van der Waals surface area contributed by atoms with Crippen molar-refractivity contribution in [3.05, 3.63) is 145 Å². The first kappa shape index (κ1) is 23.1. The highest BCUT2D eigenvalue weighted by atomic mass is 16.5. The Bertz CT molecular complexity index is 924. The second kappa shape index (κ2) is 14.8. The van der Waals surface area contributed by atoms with Gasteiger partial charge in [-0.1, -0.05) is 121 Å². The first-order valence-electron chi connectivity index (χ1n) is 9.92. The molecule has 0 unspecified atom stereocenters. The van der Waals surface area contributed by atoms with Crippen molar-refractivity contribution in [2.24, 2.45) is 0 Å². The number of rotatable bonds is 5. The lowest BCUT2D eigenvalue weighted by molar-refractivity contribution is -0.0979. The molecule has 0 aliphatic carbocycles. The van der Waals surface area contributed by atoms with Gasteiger partial charge in [0.15, 0.2) is 0 Å². The van der Waals surface area contributed by atoms with Gasteiger partial charge in [0.25, 0.3) is 0 Å². The van der Waals surface area contributed by atoms with Crippen LogP contribution in [0, 0.1) is 0 Å². The monoisotopic (exact) mass is 406 g/mol. The molecule has 2 nitrogen and oxygen atoms in total. The Hall–Kier alpha value is -4.17. The predicted molar refractivity (Wildman–Crippen MR) is 131 cm³/mol. The largest absolute Gasteiger partial charge is 0.457 e. The molecule has 4 rings (SSSR count). The standard InChI is InChI=1S/C16H14.C12H10O.CH2O/c1-3-9-15(10-4-1)13-7-8-14-16-11-5-2-6-12-16;1-3-7-11(8-4-1)13-12-9-5-2-6-10-12;1-2/h1-14H;1-10H;1H2/b13-7+,14-8+;;. The number of ether oxygens (including phenoxy) is 1. The van der Waals surface area contributed by atoms with Crippen molar-refractivity contribution in [2.45, 2.75) is 0 Å². The summed E-state index contributed by atoms with van der Waals surface area (Å²) in [5, 5.41) is 0. The van der Waals surface area contributed by atoms with Crippen LogP contribution >= 0.6 is 0 Å². The van der Waals surface area contributed by atoms with E-state index in [1.807, 2.05) is 104 Å². The zero-order valence-corrected chi connectivity index (χ0v) is 17.4. The molecule has 0 amide bonds.